The quantitative estimate of drug-likeness (QED) is 0.202. The number of nitrogens with zero attached hydrogens (tertiary/aromatic N) is 5. The summed E-state index contributed by atoms with van der Waals surface area (Å²) in [6.07, 6.45) is 1.39. The molecule has 9 nitrogen and oxygen atoms in total. The topological polar surface area (TPSA) is 102 Å². The predicted octanol–water partition coefficient (Wildman–Crippen LogP) is 7.65. The summed E-state index contributed by atoms with van der Waals surface area (Å²) in [7, 11) is 0. The molecule has 5 aromatic rings. The predicted molar refractivity (Wildman–Crippen MR) is 168 cm³/mol. The lowest BCUT2D eigenvalue weighted by Gasteiger charge is -2.27. The molecule has 2 amide bonds. The van der Waals surface area contributed by atoms with E-state index >= 15 is 0 Å². The summed E-state index contributed by atoms with van der Waals surface area (Å²) in [4.78, 5) is 36.9. The van der Waals surface area contributed by atoms with Crippen molar-refractivity contribution in [2.45, 2.75) is 53.1 Å². The van der Waals surface area contributed by atoms with Gasteiger partial charge in [0.05, 0.1) is 21.4 Å². The number of rotatable bonds is 8. The fourth-order valence-corrected chi connectivity index (χ4v) is 5.13. The van der Waals surface area contributed by atoms with Crippen LogP contribution in [0.1, 0.15) is 56.7 Å². The summed E-state index contributed by atoms with van der Waals surface area (Å²) in [6.45, 7) is 10.1. The Kier molecular flexibility index (Phi) is 8.35. The molecule has 0 aliphatic carbocycles. The summed E-state index contributed by atoms with van der Waals surface area (Å²) >= 11 is 1.56. The SMILES string of the molecule is CCCCN(C(=O)OC(C)(C)C)c1ccc(NC(=O)c2cc(-c3ccc4ncsc4c3)n(-c3cccc(C)n3)n2)cc1. The monoisotopic (exact) mass is 582 g/mol. The maximum absolute atomic E-state index is 13.4. The van der Waals surface area contributed by atoms with Crippen LogP contribution in [0, 0.1) is 6.92 Å². The van der Waals surface area contributed by atoms with Crippen LogP contribution in [0.2, 0.25) is 0 Å². The third-order valence-corrected chi connectivity index (χ3v) is 7.24. The minimum atomic E-state index is -0.599. The molecule has 0 fully saturated rings. The van der Waals surface area contributed by atoms with E-state index in [0.29, 0.717) is 23.7 Å². The highest BCUT2D eigenvalue weighted by Crippen LogP contribution is 2.29. The summed E-state index contributed by atoms with van der Waals surface area (Å²) in [5.74, 6) is 0.261. The van der Waals surface area contributed by atoms with Crippen LogP contribution in [-0.4, -0.2) is 43.9 Å². The number of benzene rings is 2. The van der Waals surface area contributed by atoms with Gasteiger partial charge < -0.3 is 10.1 Å². The van der Waals surface area contributed by atoms with E-state index < -0.39 is 11.7 Å². The second-order valence-corrected chi connectivity index (χ2v) is 11.9. The normalized spacial score (nSPS) is 11.5. The summed E-state index contributed by atoms with van der Waals surface area (Å²) in [5.41, 5.74) is 6.16. The number of ether oxygens (including phenoxy) is 1. The van der Waals surface area contributed by atoms with Gasteiger partial charge in [-0.15, -0.1) is 11.3 Å². The minimum Gasteiger partial charge on any atom is -0.443 e. The van der Waals surface area contributed by atoms with Crippen molar-refractivity contribution in [1.82, 2.24) is 19.7 Å². The molecule has 0 saturated carbocycles. The van der Waals surface area contributed by atoms with Gasteiger partial charge in [-0.2, -0.15) is 5.10 Å². The van der Waals surface area contributed by atoms with Crippen molar-refractivity contribution in [3.8, 4) is 17.1 Å². The number of carbonyl (C=O) groups is 2. The van der Waals surface area contributed by atoms with E-state index in [4.69, 9.17) is 4.74 Å². The Bertz CT molecular complexity index is 1720. The molecule has 216 valence electrons. The largest absolute Gasteiger partial charge is 0.443 e. The number of hydrogen-bond donors (Lipinski definition) is 1. The second kappa shape index (κ2) is 12.1. The van der Waals surface area contributed by atoms with E-state index in [0.717, 1.165) is 40.0 Å². The molecule has 5 rings (SSSR count). The zero-order chi connectivity index (χ0) is 29.9. The Morgan fingerprint density at radius 1 is 1.05 bits per heavy atom. The Morgan fingerprint density at radius 2 is 1.83 bits per heavy atom. The van der Waals surface area contributed by atoms with Gasteiger partial charge in [0.25, 0.3) is 5.91 Å². The Labute approximate surface area is 249 Å². The average molecular weight is 583 g/mol. The van der Waals surface area contributed by atoms with E-state index in [2.05, 4.69) is 27.3 Å². The fourth-order valence-electron chi connectivity index (χ4n) is 4.41. The third-order valence-electron chi connectivity index (χ3n) is 6.45. The number of anilines is 2. The lowest BCUT2D eigenvalue weighted by atomic mass is 10.1. The van der Waals surface area contributed by atoms with Gasteiger partial charge in [0.15, 0.2) is 11.5 Å². The molecule has 0 radical (unpaired) electrons. The molecule has 3 heterocycles. The molecule has 2 aromatic carbocycles. The highest BCUT2D eigenvalue weighted by Gasteiger charge is 2.23. The Morgan fingerprint density at radius 3 is 2.55 bits per heavy atom. The Hall–Kier alpha value is -4.57. The first kappa shape index (κ1) is 28.9. The van der Waals surface area contributed by atoms with Gasteiger partial charge in [0.2, 0.25) is 0 Å². The van der Waals surface area contributed by atoms with E-state index in [9.17, 15) is 9.59 Å². The third kappa shape index (κ3) is 6.66. The van der Waals surface area contributed by atoms with Crippen LogP contribution < -0.4 is 10.2 Å². The second-order valence-electron chi connectivity index (χ2n) is 11.0. The number of carbonyl (C=O) groups excluding carboxylic acids is 2. The van der Waals surface area contributed by atoms with Crippen LogP contribution >= 0.6 is 11.3 Å². The number of aromatic nitrogens is 4. The molecule has 3 aromatic heterocycles. The number of nitrogens with one attached hydrogen (secondary N) is 1. The lowest BCUT2D eigenvalue weighted by Crippen LogP contribution is -2.37. The Balaban J connectivity index is 1.41. The molecule has 0 aliphatic rings. The van der Waals surface area contributed by atoms with Crippen LogP contribution in [0.3, 0.4) is 0 Å². The van der Waals surface area contributed by atoms with Crippen molar-refractivity contribution in [3.05, 3.63) is 83.6 Å². The first-order valence-electron chi connectivity index (χ1n) is 13.9. The lowest BCUT2D eigenvalue weighted by molar-refractivity contribution is 0.0579. The molecular formula is C32H34N6O3S. The van der Waals surface area contributed by atoms with Crippen molar-refractivity contribution >= 4 is 44.9 Å². The molecule has 0 unspecified atom stereocenters. The van der Waals surface area contributed by atoms with E-state index in [-0.39, 0.29) is 11.6 Å². The van der Waals surface area contributed by atoms with Gasteiger partial charge >= 0.3 is 6.09 Å². The molecule has 0 bridgehead atoms. The minimum absolute atomic E-state index is 0.250. The smallest absolute Gasteiger partial charge is 0.414 e. The summed E-state index contributed by atoms with van der Waals surface area (Å²) < 4.78 is 8.35. The number of fused-ring (bicyclic) bond motifs is 1. The van der Waals surface area contributed by atoms with Gasteiger partial charge in [-0.1, -0.05) is 25.5 Å². The summed E-state index contributed by atoms with van der Waals surface area (Å²) in [5, 5.41) is 7.60. The van der Waals surface area contributed by atoms with Crippen LogP contribution in [-0.2, 0) is 4.74 Å². The zero-order valence-corrected chi connectivity index (χ0v) is 25.2. The number of pyridine rings is 1. The number of thiazole rings is 1. The molecule has 0 atom stereocenters. The van der Waals surface area contributed by atoms with Crippen LogP contribution in [0.5, 0.6) is 0 Å². The van der Waals surface area contributed by atoms with E-state index in [1.807, 2.05) is 69.6 Å². The molecule has 42 heavy (non-hydrogen) atoms. The molecule has 0 spiro atoms. The van der Waals surface area contributed by atoms with E-state index in [1.54, 1.807) is 51.3 Å². The number of hydrogen-bond acceptors (Lipinski definition) is 7. The first-order valence-corrected chi connectivity index (χ1v) is 14.8. The van der Waals surface area contributed by atoms with Gasteiger partial charge in [-0.25, -0.2) is 19.4 Å². The van der Waals surface area contributed by atoms with Crippen molar-refractivity contribution in [1.29, 1.82) is 0 Å². The maximum atomic E-state index is 13.4. The van der Waals surface area contributed by atoms with Gasteiger partial charge in [0.1, 0.15) is 5.60 Å². The van der Waals surface area contributed by atoms with E-state index in [1.165, 1.54) is 0 Å². The fraction of sp³-hybridized carbons (Fsp3) is 0.281. The summed E-state index contributed by atoms with van der Waals surface area (Å²) in [6, 6.07) is 20.6. The van der Waals surface area contributed by atoms with Crippen molar-refractivity contribution < 1.29 is 14.3 Å². The van der Waals surface area contributed by atoms with Crippen LogP contribution in [0.25, 0.3) is 27.3 Å². The molecular weight excluding hydrogens is 548 g/mol. The molecule has 10 heteroatoms. The maximum Gasteiger partial charge on any atom is 0.414 e. The molecule has 0 aliphatic heterocycles. The first-order chi connectivity index (χ1) is 20.1. The average Bonchev–Trinajstić information content (AvgIpc) is 3.60. The number of aryl methyl sites for hydroxylation is 1. The van der Waals surface area contributed by atoms with Gasteiger partial charge in [-0.05, 0) is 88.7 Å². The van der Waals surface area contributed by atoms with Crippen molar-refractivity contribution in [3.63, 3.8) is 0 Å². The van der Waals surface area contributed by atoms with Crippen molar-refractivity contribution in [2.24, 2.45) is 0 Å². The number of amides is 2. The van der Waals surface area contributed by atoms with Crippen molar-refractivity contribution in [2.75, 3.05) is 16.8 Å². The molecule has 0 saturated heterocycles. The van der Waals surface area contributed by atoms with Gasteiger partial charge in [0, 0.05) is 29.2 Å². The van der Waals surface area contributed by atoms with Crippen LogP contribution in [0.4, 0.5) is 16.2 Å². The standard InChI is InChI=1S/C32H34N6O3S/c1-6-7-17-37(31(40)41-32(3,4)5)24-14-12-23(13-15-24)35-30(39)26-19-27(22-11-16-25-28(18-22)42-20-33-25)38(36-26)29-10-8-9-21(2)34-29/h8-16,18-20H,6-7,17H2,1-5H3,(H,35,39). The molecule has 1 N–H and O–H groups in total. The highest BCUT2D eigenvalue weighted by atomic mass is 32.1. The highest BCUT2D eigenvalue weighted by molar-refractivity contribution is 7.16. The van der Waals surface area contributed by atoms with Crippen LogP contribution in [0.15, 0.2) is 72.2 Å². The van der Waals surface area contributed by atoms with Gasteiger partial charge in [-0.3, -0.25) is 9.69 Å². The number of unbranched alkanes of at least 4 members (excludes halogenated alkanes) is 1. The zero-order valence-electron chi connectivity index (χ0n) is 24.4.